The molecule has 4 heteroatoms. The minimum absolute atomic E-state index is 0.0315. The summed E-state index contributed by atoms with van der Waals surface area (Å²) in [6.45, 7) is 1.10. The van der Waals surface area contributed by atoms with Gasteiger partial charge >= 0.3 is 0 Å². The van der Waals surface area contributed by atoms with E-state index in [0.717, 1.165) is 43.5 Å². The smallest absolute Gasteiger partial charge is 0.251 e. The van der Waals surface area contributed by atoms with Crippen LogP contribution in [0, 0.1) is 0 Å². The van der Waals surface area contributed by atoms with Crippen molar-refractivity contribution >= 4 is 5.91 Å². The van der Waals surface area contributed by atoms with Crippen molar-refractivity contribution in [2.75, 3.05) is 20.7 Å². The lowest BCUT2D eigenvalue weighted by Gasteiger charge is -2.52. The Balaban J connectivity index is 1.59. The number of amides is 1. The van der Waals surface area contributed by atoms with Crippen molar-refractivity contribution < 1.29 is 9.53 Å². The van der Waals surface area contributed by atoms with Gasteiger partial charge in [0.1, 0.15) is 5.75 Å². The number of hydrogen-bond acceptors (Lipinski definition) is 3. The van der Waals surface area contributed by atoms with E-state index in [-0.39, 0.29) is 17.4 Å². The Morgan fingerprint density at radius 2 is 1.96 bits per heavy atom. The van der Waals surface area contributed by atoms with Crippen LogP contribution < -0.4 is 10.1 Å². The number of ether oxygens (including phenoxy) is 1. The molecule has 4 nitrogen and oxygen atoms in total. The van der Waals surface area contributed by atoms with Crippen LogP contribution in [0.5, 0.6) is 5.75 Å². The quantitative estimate of drug-likeness (QED) is 0.901. The first kappa shape index (κ1) is 18.1. The molecule has 2 aromatic carbocycles. The zero-order chi connectivity index (χ0) is 18.9. The molecule has 1 aliphatic heterocycles. The molecule has 1 heterocycles. The summed E-state index contributed by atoms with van der Waals surface area (Å²) in [5.41, 5.74) is 2.19. The van der Waals surface area contributed by atoms with Gasteiger partial charge in [-0.05, 0) is 69.1 Å². The Kier molecular flexibility index (Phi) is 4.92. The van der Waals surface area contributed by atoms with Crippen LogP contribution in [0.3, 0.4) is 0 Å². The molecular weight excluding hydrogens is 336 g/mol. The SMILES string of the molecule is COc1cccc([C@]23CCN(C)[C@H](C[C@@H](NC(=O)c4ccccc4)C2)C3)c1. The molecule has 1 amide bonds. The second-order valence-electron chi connectivity index (χ2n) is 8.08. The number of carbonyl (C=O) groups excluding carboxylic acids is 1. The van der Waals surface area contributed by atoms with Crippen LogP contribution in [0.15, 0.2) is 54.6 Å². The van der Waals surface area contributed by atoms with Gasteiger partial charge in [0.05, 0.1) is 7.11 Å². The van der Waals surface area contributed by atoms with E-state index < -0.39 is 0 Å². The van der Waals surface area contributed by atoms with Gasteiger partial charge in [-0.15, -0.1) is 0 Å². The van der Waals surface area contributed by atoms with Gasteiger partial charge in [0, 0.05) is 23.1 Å². The van der Waals surface area contributed by atoms with E-state index in [1.165, 1.54) is 5.56 Å². The maximum Gasteiger partial charge on any atom is 0.251 e. The molecule has 27 heavy (non-hydrogen) atoms. The monoisotopic (exact) mass is 364 g/mol. The van der Waals surface area contributed by atoms with Crippen LogP contribution in [0.4, 0.5) is 0 Å². The van der Waals surface area contributed by atoms with Gasteiger partial charge in [-0.25, -0.2) is 0 Å². The molecule has 1 N–H and O–H groups in total. The first-order chi connectivity index (χ1) is 13.1. The Morgan fingerprint density at radius 1 is 1.15 bits per heavy atom. The highest BCUT2D eigenvalue weighted by atomic mass is 16.5. The van der Waals surface area contributed by atoms with Crippen molar-refractivity contribution in [3.63, 3.8) is 0 Å². The largest absolute Gasteiger partial charge is 0.497 e. The van der Waals surface area contributed by atoms with Crippen LogP contribution >= 0.6 is 0 Å². The number of benzene rings is 2. The van der Waals surface area contributed by atoms with Gasteiger partial charge in [0.25, 0.3) is 5.91 Å². The van der Waals surface area contributed by atoms with Gasteiger partial charge in [0.15, 0.2) is 0 Å². The van der Waals surface area contributed by atoms with Gasteiger partial charge < -0.3 is 15.0 Å². The highest BCUT2D eigenvalue weighted by molar-refractivity contribution is 5.94. The van der Waals surface area contributed by atoms with Crippen LogP contribution in [-0.4, -0.2) is 43.6 Å². The molecule has 0 radical (unpaired) electrons. The molecule has 2 aromatic rings. The maximum absolute atomic E-state index is 12.7. The lowest BCUT2D eigenvalue weighted by atomic mass is 9.62. The Hall–Kier alpha value is -2.33. The molecule has 3 atom stereocenters. The van der Waals surface area contributed by atoms with E-state index in [1.54, 1.807) is 7.11 Å². The zero-order valence-corrected chi connectivity index (χ0v) is 16.2. The fraction of sp³-hybridized carbons (Fsp3) is 0.435. The van der Waals surface area contributed by atoms with Crippen molar-refractivity contribution in [2.45, 2.75) is 43.2 Å². The first-order valence-corrected chi connectivity index (χ1v) is 9.80. The summed E-state index contributed by atoms with van der Waals surface area (Å²) in [6, 6.07) is 18.7. The Morgan fingerprint density at radius 3 is 2.74 bits per heavy atom. The Labute approximate surface area is 161 Å². The summed E-state index contributed by atoms with van der Waals surface area (Å²) in [5.74, 6) is 0.941. The molecule has 1 saturated heterocycles. The second-order valence-corrected chi connectivity index (χ2v) is 8.08. The van der Waals surface area contributed by atoms with Crippen molar-refractivity contribution in [3.05, 3.63) is 65.7 Å². The molecule has 1 saturated carbocycles. The summed E-state index contributed by atoms with van der Waals surface area (Å²) >= 11 is 0. The number of hydrogen-bond donors (Lipinski definition) is 1. The Bertz CT molecular complexity index is 807. The van der Waals surface area contributed by atoms with Crippen molar-refractivity contribution in [3.8, 4) is 5.75 Å². The molecule has 0 aromatic heterocycles. The third-order valence-corrected chi connectivity index (χ3v) is 6.44. The third-order valence-electron chi connectivity index (χ3n) is 6.44. The number of methoxy groups -OCH3 is 1. The van der Waals surface area contributed by atoms with E-state index in [2.05, 4.69) is 35.5 Å². The predicted molar refractivity (Wildman–Crippen MR) is 107 cm³/mol. The lowest BCUT2D eigenvalue weighted by Crippen LogP contribution is -2.57. The molecule has 0 unspecified atom stereocenters. The third kappa shape index (κ3) is 3.59. The number of rotatable bonds is 4. The molecular formula is C23H28N2O2. The highest BCUT2D eigenvalue weighted by Gasteiger charge is 2.46. The molecule has 1 aliphatic carbocycles. The van der Waals surface area contributed by atoms with Gasteiger partial charge in [-0.3, -0.25) is 4.79 Å². The average Bonchev–Trinajstić information content (AvgIpc) is 2.71. The van der Waals surface area contributed by atoms with Gasteiger partial charge in [-0.2, -0.15) is 0 Å². The summed E-state index contributed by atoms with van der Waals surface area (Å²) in [6.07, 6.45) is 4.27. The van der Waals surface area contributed by atoms with E-state index in [0.29, 0.717) is 6.04 Å². The van der Waals surface area contributed by atoms with Gasteiger partial charge in [-0.1, -0.05) is 30.3 Å². The fourth-order valence-corrected chi connectivity index (χ4v) is 4.92. The van der Waals surface area contributed by atoms with Crippen LogP contribution in [0.25, 0.3) is 0 Å². The van der Waals surface area contributed by atoms with E-state index in [9.17, 15) is 4.79 Å². The van der Waals surface area contributed by atoms with E-state index in [1.807, 2.05) is 36.4 Å². The van der Waals surface area contributed by atoms with Crippen molar-refractivity contribution in [1.82, 2.24) is 10.2 Å². The molecule has 2 aliphatic rings. The number of likely N-dealkylation sites (tertiary alicyclic amines) is 1. The number of piperidine rings is 1. The normalized spacial score (nSPS) is 27.8. The van der Waals surface area contributed by atoms with Gasteiger partial charge in [0.2, 0.25) is 0 Å². The van der Waals surface area contributed by atoms with Crippen molar-refractivity contribution in [1.29, 1.82) is 0 Å². The van der Waals surface area contributed by atoms with Crippen LogP contribution in [0.2, 0.25) is 0 Å². The molecule has 2 fully saturated rings. The standard InChI is InChI=1S/C23H28N2O2/c1-25-12-11-23(18-9-6-10-21(13-18)27-2)15-19(14-20(25)16-23)24-22(26)17-7-4-3-5-8-17/h3-10,13,19-20H,11-12,14-16H2,1-2H3,(H,24,26)/t19-,20-,23-/m1/s1. The minimum atomic E-state index is 0.0315. The zero-order valence-electron chi connectivity index (χ0n) is 16.2. The average molecular weight is 364 g/mol. The van der Waals surface area contributed by atoms with E-state index in [4.69, 9.17) is 4.74 Å². The molecule has 142 valence electrons. The maximum atomic E-state index is 12.7. The summed E-state index contributed by atoms with van der Waals surface area (Å²) < 4.78 is 5.47. The van der Waals surface area contributed by atoms with Crippen molar-refractivity contribution in [2.24, 2.45) is 0 Å². The number of nitrogens with zero attached hydrogens (tertiary/aromatic N) is 1. The second kappa shape index (κ2) is 7.35. The molecule has 4 rings (SSSR count). The molecule has 2 bridgehead atoms. The first-order valence-electron chi connectivity index (χ1n) is 9.80. The summed E-state index contributed by atoms with van der Waals surface area (Å²) in [5, 5.41) is 3.31. The minimum Gasteiger partial charge on any atom is -0.497 e. The lowest BCUT2D eigenvalue weighted by molar-refractivity contribution is 0.0506. The number of carbonyl (C=O) groups is 1. The number of nitrogens with one attached hydrogen (secondary N) is 1. The summed E-state index contributed by atoms with van der Waals surface area (Å²) in [4.78, 5) is 15.2. The fourth-order valence-electron chi connectivity index (χ4n) is 4.92. The van der Waals surface area contributed by atoms with Crippen LogP contribution in [0.1, 0.15) is 41.6 Å². The number of fused-ring (bicyclic) bond motifs is 2. The summed E-state index contributed by atoms with van der Waals surface area (Å²) in [7, 11) is 3.93. The predicted octanol–water partition coefficient (Wildman–Crippen LogP) is 3.62. The topological polar surface area (TPSA) is 41.6 Å². The van der Waals surface area contributed by atoms with Crippen LogP contribution in [-0.2, 0) is 5.41 Å². The van der Waals surface area contributed by atoms with E-state index >= 15 is 0 Å². The molecule has 0 spiro atoms. The highest BCUT2D eigenvalue weighted by Crippen LogP contribution is 2.47.